The van der Waals surface area contributed by atoms with E-state index in [1.807, 2.05) is 13.1 Å². The minimum atomic E-state index is -0.151. The fourth-order valence-electron chi connectivity index (χ4n) is 2.39. The van der Waals surface area contributed by atoms with Crippen LogP contribution in [0.25, 0.3) is 0 Å². The number of rotatable bonds is 4. The molecule has 1 aromatic carbocycles. The van der Waals surface area contributed by atoms with E-state index in [1.165, 1.54) is 12.5 Å². The molecule has 1 heterocycles. The van der Waals surface area contributed by atoms with E-state index in [4.69, 9.17) is 0 Å². The van der Waals surface area contributed by atoms with Gasteiger partial charge in [0.2, 0.25) is 0 Å². The van der Waals surface area contributed by atoms with Crippen molar-refractivity contribution < 1.29 is 4.39 Å². The molecule has 0 amide bonds. The Hall–Kier alpha value is -0.930. The second-order valence-corrected chi connectivity index (χ2v) is 4.49. The minimum Gasteiger partial charge on any atom is -0.316 e. The van der Waals surface area contributed by atoms with Crippen molar-refractivity contribution in [2.75, 3.05) is 20.1 Å². The highest BCUT2D eigenvalue weighted by Gasteiger charge is 2.20. The predicted molar refractivity (Wildman–Crippen MR) is 63.8 cm³/mol. The number of hydrogen-bond donors (Lipinski definition) is 2. The Kier molecular flexibility index (Phi) is 3.91. The highest BCUT2D eigenvalue weighted by atomic mass is 19.1. The van der Waals surface area contributed by atoms with Gasteiger partial charge in [-0.05, 0) is 56.6 Å². The van der Waals surface area contributed by atoms with Crippen molar-refractivity contribution in [3.8, 4) is 0 Å². The third-order valence-electron chi connectivity index (χ3n) is 3.33. The van der Waals surface area contributed by atoms with E-state index in [0.717, 1.165) is 25.1 Å². The van der Waals surface area contributed by atoms with Crippen LogP contribution < -0.4 is 10.6 Å². The van der Waals surface area contributed by atoms with Crippen molar-refractivity contribution in [2.24, 2.45) is 5.92 Å². The van der Waals surface area contributed by atoms with Crippen LogP contribution in [0.5, 0.6) is 0 Å². The van der Waals surface area contributed by atoms with Gasteiger partial charge in [0, 0.05) is 6.04 Å². The summed E-state index contributed by atoms with van der Waals surface area (Å²) < 4.78 is 13.1. The topological polar surface area (TPSA) is 24.1 Å². The zero-order chi connectivity index (χ0) is 11.4. The average molecular weight is 222 g/mol. The normalized spacial score (nSPS) is 22.2. The summed E-state index contributed by atoms with van der Waals surface area (Å²) in [5, 5.41) is 6.64. The van der Waals surface area contributed by atoms with Gasteiger partial charge in [-0.25, -0.2) is 4.39 Å². The van der Waals surface area contributed by atoms with E-state index >= 15 is 0 Å². The maximum Gasteiger partial charge on any atom is 0.123 e. The maximum atomic E-state index is 13.1. The summed E-state index contributed by atoms with van der Waals surface area (Å²) in [4.78, 5) is 0. The first-order chi connectivity index (χ1) is 7.79. The van der Waals surface area contributed by atoms with Crippen LogP contribution in [-0.4, -0.2) is 20.1 Å². The molecule has 16 heavy (non-hydrogen) atoms. The number of nitrogens with one attached hydrogen (secondary N) is 2. The summed E-state index contributed by atoms with van der Waals surface area (Å²) in [5.74, 6) is 0.558. The van der Waals surface area contributed by atoms with Crippen LogP contribution in [-0.2, 0) is 0 Å². The molecule has 0 bridgehead atoms. The Labute approximate surface area is 96.2 Å². The van der Waals surface area contributed by atoms with Crippen LogP contribution >= 0.6 is 0 Å². The van der Waals surface area contributed by atoms with E-state index < -0.39 is 0 Å². The van der Waals surface area contributed by atoms with Crippen LogP contribution in [0.2, 0.25) is 0 Å². The quantitative estimate of drug-likeness (QED) is 0.815. The van der Waals surface area contributed by atoms with Crippen molar-refractivity contribution in [1.29, 1.82) is 0 Å². The summed E-state index contributed by atoms with van der Waals surface area (Å²) in [7, 11) is 1.94. The first kappa shape index (κ1) is 11.6. The first-order valence-electron chi connectivity index (χ1n) is 5.93. The Balaban J connectivity index is 2.03. The summed E-state index contributed by atoms with van der Waals surface area (Å²) >= 11 is 0. The fraction of sp³-hybridized carbons (Fsp3) is 0.538. The maximum absolute atomic E-state index is 13.1. The van der Waals surface area contributed by atoms with Crippen molar-refractivity contribution in [2.45, 2.75) is 18.9 Å². The molecule has 0 radical (unpaired) electrons. The second-order valence-electron chi connectivity index (χ2n) is 4.49. The highest BCUT2D eigenvalue weighted by molar-refractivity contribution is 5.20. The molecular formula is C13H19FN2. The van der Waals surface area contributed by atoms with Gasteiger partial charge in [-0.1, -0.05) is 12.1 Å². The lowest BCUT2D eigenvalue weighted by Gasteiger charge is -2.20. The molecule has 2 rings (SSSR count). The first-order valence-corrected chi connectivity index (χ1v) is 5.93. The standard InChI is InChI=1S/C13H19FN2/c1-15-13(7-10-5-6-16-9-10)11-3-2-4-12(14)8-11/h2-4,8,10,13,15-16H,5-7,9H2,1H3. The van der Waals surface area contributed by atoms with Crippen molar-refractivity contribution in [3.05, 3.63) is 35.6 Å². The van der Waals surface area contributed by atoms with Crippen molar-refractivity contribution in [1.82, 2.24) is 10.6 Å². The van der Waals surface area contributed by atoms with Gasteiger partial charge in [0.05, 0.1) is 0 Å². The second kappa shape index (κ2) is 5.41. The van der Waals surface area contributed by atoms with Crippen LogP contribution in [0.1, 0.15) is 24.4 Å². The SMILES string of the molecule is CNC(CC1CCNC1)c1cccc(F)c1. The molecule has 3 heteroatoms. The molecule has 0 spiro atoms. The molecule has 1 aliphatic rings. The summed E-state index contributed by atoms with van der Waals surface area (Å²) in [6.45, 7) is 2.21. The molecule has 1 aromatic rings. The number of benzene rings is 1. The van der Waals surface area contributed by atoms with Crippen LogP contribution in [0.3, 0.4) is 0 Å². The van der Waals surface area contributed by atoms with Gasteiger partial charge < -0.3 is 10.6 Å². The van der Waals surface area contributed by atoms with E-state index in [2.05, 4.69) is 10.6 Å². The molecule has 2 atom stereocenters. The molecule has 2 N–H and O–H groups in total. The zero-order valence-corrected chi connectivity index (χ0v) is 9.67. The van der Waals surface area contributed by atoms with Crippen LogP contribution in [0, 0.1) is 11.7 Å². The predicted octanol–water partition coefficient (Wildman–Crippen LogP) is 2.09. The number of halogens is 1. The minimum absolute atomic E-state index is 0.151. The zero-order valence-electron chi connectivity index (χ0n) is 9.67. The van der Waals surface area contributed by atoms with Crippen LogP contribution in [0.15, 0.2) is 24.3 Å². The molecule has 0 aromatic heterocycles. The van der Waals surface area contributed by atoms with Gasteiger partial charge in [0.25, 0.3) is 0 Å². The highest BCUT2D eigenvalue weighted by Crippen LogP contribution is 2.24. The smallest absolute Gasteiger partial charge is 0.123 e. The van der Waals surface area contributed by atoms with Gasteiger partial charge in [-0.3, -0.25) is 0 Å². The van der Waals surface area contributed by atoms with Gasteiger partial charge in [0.1, 0.15) is 5.82 Å². The van der Waals surface area contributed by atoms with E-state index in [1.54, 1.807) is 12.1 Å². The lowest BCUT2D eigenvalue weighted by atomic mass is 9.94. The Morgan fingerprint density at radius 1 is 1.56 bits per heavy atom. The summed E-state index contributed by atoms with van der Waals surface area (Å²) in [5.41, 5.74) is 1.05. The molecule has 88 valence electrons. The lowest BCUT2D eigenvalue weighted by Crippen LogP contribution is -2.21. The molecular weight excluding hydrogens is 203 g/mol. The third-order valence-corrected chi connectivity index (χ3v) is 3.33. The Morgan fingerprint density at radius 2 is 2.44 bits per heavy atom. The van der Waals surface area contributed by atoms with Crippen molar-refractivity contribution in [3.63, 3.8) is 0 Å². The largest absolute Gasteiger partial charge is 0.316 e. The van der Waals surface area contributed by atoms with Gasteiger partial charge in [-0.15, -0.1) is 0 Å². The Bertz CT molecular complexity index is 334. The third kappa shape index (κ3) is 2.80. The Morgan fingerprint density at radius 3 is 3.06 bits per heavy atom. The van der Waals surface area contributed by atoms with Crippen LogP contribution in [0.4, 0.5) is 4.39 Å². The molecule has 1 saturated heterocycles. The van der Waals surface area contributed by atoms with Gasteiger partial charge in [-0.2, -0.15) is 0 Å². The average Bonchev–Trinajstić information content (AvgIpc) is 2.78. The monoisotopic (exact) mass is 222 g/mol. The van der Waals surface area contributed by atoms with Gasteiger partial charge >= 0.3 is 0 Å². The van der Waals surface area contributed by atoms with E-state index in [0.29, 0.717) is 5.92 Å². The lowest BCUT2D eigenvalue weighted by molar-refractivity contribution is 0.429. The van der Waals surface area contributed by atoms with E-state index in [-0.39, 0.29) is 11.9 Å². The molecule has 1 fully saturated rings. The molecule has 0 aliphatic carbocycles. The fourth-order valence-corrected chi connectivity index (χ4v) is 2.39. The summed E-state index contributed by atoms with van der Waals surface area (Å²) in [6, 6.07) is 7.16. The molecule has 0 saturated carbocycles. The molecule has 2 nitrogen and oxygen atoms in total. The molecule has 1 aliphatic heterocycles. The molecule has 2 unspecified atom stereocenters. The van der Waals surface area contributed by atoms with Crippen molar-refractivity contribution >= 4 is 0 Å². The number of hydrogen-bond acceptors (Lipinski definition) is 2. The summed E-state index contributed by atoms with van der Waals surface area (Å²) in [6.07, 6.45) is 2.31. The van der Waals surface area contributed by atoms with E-state index in [9.17, 15) is 4.39 Å². The van der Waals surface area contributed by atoms with Gasteiger partial charge in [0.15, 0.2) is 0 Å².